The number of methoxy groups -OCH3 is 1. The van der Waals surface area contributed by atoms with E-state index in [9.17, 15) is 14.4 Å². The number of carbonyl (C=O) groups excluding carboxylic acids is 3. The molecule has 3 aromatic rings. The molecule has 172 valence electrons. The summed E-state index contributed by atoms with van der Waals surface area (Å²) in [6.07, 6.45) is -0.342. The number of carbonyl (C=O) groups is 3. The van der Waals surface area contributed by atoms with Crippen molar-refractivity contribution in [2.24, 2.45) is 5.92 Å². The second-order valence-electron chi connectivity index (χ2n) is 8.18. The van der Waals surface area contributed by atoms with E-state index in [4.69, 9.17) is 0 Å². The van der Waals surface area contributed by atoms with Gasteiger partial charge in [0.05, 0.1) is 13.5 Å². The second-order valence-corrected chi connectivity index (χ2v) is 8.18. The molecule has 1 atom stereocenters. The molecule has 7 nitrogen and oxygen atoms in total. The summed E-state index contributed by atoms with van der Waals surface area (Å²) in [6, 6.07) is 20.3. The zero-order valence-corrected chi connectivity index (χ0v) is 19.1. The molecular formula is C26H29N3O4. The lowest BCUT2D eigenvalue weighted by molar-refractivity contribution is -0.129. The molecule has 0 spiro atoms. The Hall–Kier alpha value is -3.87. The van der Waals surface area contributed by atoms with Gasteiger partial charge in [-0.15, -0.1) is 0 Å². The van der Waals surface area contributed by atoms with Gasteiger partial charge in [-0.3, -0.25) is 14.9 Å². The van der Waals surface area contributed by atoms with Crippen LogP contribution in [0.1, 0.15) is 25.0 Å². The molecule has 7 heteroatoms. The molecule has 0 saturated heterocycles. The fourth-order valence-corrected chi connectivity index (χ4v) is 3.47. The van der Waals surface area contributed by atoms with Crippen molar-refractivity contribution >= 4 is 34.4 Å². The van der Waals surface area contributed by atoms with Crippen molar-refractivity contribution in [3.8, 4) is 0 Å². The Morgan fingerprint density at radius 2 is 1.55 bits per heavy atom. The summed E-state index contributed by atoms with van der Waals surface area (Å²) in [5, 5.41) is 10.5. The van der Waals surface area contributed by atoms with E-state index in [-0.39, 0.29) is 24.2 Å². The predicted octanol–water partition coefficient (Wildman–Crippen LogP) is 4.02. The molecule has 0 fully saturated rings. The summed E-state index contributed by atoms with van der Waals surface area (Å²) in [5.41, 5.74) is 2.36. The summed E-state index contributed by atoms with van der Waals surface area (Å²) >= 11 is 0. The Morgan fingerprint density at radius 1 is 0.879 bits per heavy atom. The van der Waals surface area contributed by atoms with Gasteiger partial charge in [-0.05, 0) is 39.9 Å². The molecule has 1 unspecified atom stereocenters. The van der Waals surface area contributed by atoms with E-state index in [1.165, 1.54) is 7.11 Å². The Labute approximate surface area is 193 Å². The zero-order chi connectivity index (χ0) is 23.8. The number of anilines is 1. The third-order valence-corrected chi connectivity index (χ3v) is 5.30. The van der Waals surface area contributed by atoms with Gasteiger partial charge in [0.2, 0.25) is 11.8 Å². The van der Waals surface area contributed by atoms with Crippen molar-refractivity contribution in [1.29, 1.82) is 0 Å². The van der Waals surface area contributed by atoms with Crippen LogP contribution in [0, 0.1) is 5.92 Å². The summed E-state index contributed by atoms with van der Waals surface area (Å²) in [7, 11) is 1.30. The van der Waals surface area contributed by atoms with Crippen LogP contribution in [0.15, 0.2) is 66.7 Å². The fraction of sp³-hybridized carbons (Fsp3) is 0.269. The Kier molecular flexibility index (Phi) is 8.02. The van der Waals surface area contributed by atoms with Crippen LogP contribution < -0.4 is 16.0 Å². The molecule has 3 aromatic carbocycles. The van der Waals surface area contributed by atoms with Crippen molar-refractivity contribution < 1.29 is 19.1 Å². The lowest BCUT2D eigenvalue weighted by atomic mass is 10.0. The fourth-order valence-electron chi connectivity index (χ4n) is 3.47. The van der Waals surface area contributed by atoms with Gasteiger partial charge in [-0.2, -0.15) is 0 Å². The number of rotatable bonds is 8. The maximum absolute atomic E-state index is 12.8. The van der Waals surface area contributed by atoms with E-state index in [1.807, 2.05) is 56.3 Å². The Morgan fingerprint density at radius 3 is 2.21 bits per heavy atom. The molecule has 0 aliphatic carbocycles. The highest BCUT2D eigenvalue weighted by Gasteiger charge is 2.24. The molecule has 0 aliphatic heterocycles. The zero-order valence-electron chi connectivity index (χ0n) is 19.1. The predicted molar refractivity (Wildman–Crippen MR) is 129 cm³/mol. The van der Waals surface area contributed by atoms with E-state index in [0.29, 0.717) is 12.2 Å². The van der Waals surface area contributed by atoms with Crippen LogP contribution in [-0.2, 0) is 27.3 Å². The third kappa shape index (κ3) is 6.80. The normalized spacial score (nSPS) is 11.6. The number of benzene rings is 3. The Bertz CT molecular complexity index is 1130. The van der Waals surface area contributed by atoms with E-state index >= 15 is 0 Å². The summed E-state index contributed by atoms with van der Waals surface area (Å²) in [4.78, 5) is 36.7. The number of ether oxygens (including phenoxy) is 1. The van der Waals surface area contributed by atoms with E-state index in [2.05, 4.69) is 20.7 Å². The van der Waals surface area contributed by atoms with Gasteiger partial charge in [0.1, 0.15) is 6.04 Å². The number of amides is 3. The van der Waals surface area contributed by atoms with Gasteiger partial charge in [0.25, 0.3) is 0 Å². The van der Waals surface area contributed by atoms with E-state index in [1.54, 1.807) is 24.3 Å². The number of fused-ring (bicyclic) bond motifs is 1. The van der Waals surface area contributed by atoms with Gasteiger partial charge in [-0.25, -0.2) is 4.79 Å². The number of nitrogens with one attached hydrogen (secondary N) is 3. The van der Waals surface area contributed by atoms with Crippen LogP contribution >= 0.6 is 0 Å². The molecule has 0 radical (unpaired) electrons. The summed E-state index contributed by atoms with van der Waals surface area (Å²) < 4.78 is 4.56. The molecule has 3 N–H and O–H groups in total. The Balaban J connectivity index is 1.55. The smallest absolute Gasteiger partial charge is 0.411 e. The lowest BCUT2D eigenvalue weighted by Crippen LogP contribution is -2.49. The highest BCUT2D eigenvalue weighted by atomic mass is 16.5. The first-order valence-corrected chi connectivity index (χ1v) is 10.8. The van der Waals surface area contributed by atoms with Crippen LogP contribution in [0.25, 0.3) is 10.8 Å². The first-order valence-electron chi connectivity index (χ1n) is 10.8. The molecule has 33 heavy (non-hydrogen) atoms. The summed E-state index contributed by atoms with van der Waals surface area (Å²) in [5.74, 6) is -0.511. The average Bonchev–Trinajstić information content (AvgIpc) is 2.81. The molecule has 0 saturated carbocycles. The van der Waals surface area contributed by atoms with Crippen molar-refractivity contribution in [2.75, 3.05) is 12.4 Å². The van der Waals surface area contributed by atoms with Crippen molar-refractivity contribution in [3.63, 3.8) is 0 Å². The lowest BCUT2D eigenvalue weighted by Gasteiger charge is -2.22. The minimum Gasteiger partial charge on any atom is -0.453 e. The van der Waals surface area contributed by atoms with Crippen molar-refractivity contribution in [1.82, 2.24) is 10.6 Å². The average molecular weight is 448 g/mol. The SMILES string of the molecule is COC(=O)Nc1ccc(CNC(=O)C(NC(=O)Cc2ccc3ccccc3c2)C(C)C)cc1. The van der Waals surface area contributed by atoms with Gasteiger partial charge in [-0.1, -0.05) is 68.4 Å². The highest BCUT2D eigenvalue weighted by molar-refractivity contribution is 5.90. The van der Waals surface area contributed by atoms with Gasteiger partial charge in [0, 0.05) is 12.2 Å². The maximum Gasteiger partial charge on any atom is 0.411 e. The van der Waals surface area contributed by atoms with Crippen LogP contribution in [0.5, 0.6) is 0 Å². The van der Waals surface area contributed by atoms with Gasteiger partial charge in [0.15, 0.2) is 0 Å². The van der Waals surface area contributed by atoms with E-state index in [0.717, 1.165) is 21.9 Å². The van der Waals surface area contributed by atoms with Crippen LogP contribution in [-0.4, -0.2) is 31.1 Å². The first-order chi connectivity index (χ1) is 15.9. The molecule has 0 bridgehead atoms. The summed E-state index contributed by atoms with van der Waals surface area (Å²) in [6.45, 7) is 4.10. The number of hydrogen-bond donors (Lipinski definition) is 3. The highest BCUT2D eigenvalue weighted by Crippen LogP contribution is 2.16. The van der Waals surface area contributed by atoms with E-state index < -0.39 is 12.1 Å². The monoisotopic (exact) mass is 447 g/mol. The van der Waals surface area contributed by atoms with Crippen LogP contribution in [0.3, 0.4) is 0 Å². The van der Waals surface area contributed by atoms with Crippen molar-refractivity contribution in [3.05, 3.63) is 77.9 Å². The number of hydrogen-bond acceptors (Lipinski definition) is 4. The molecular weight excluding hydrogens is 418 g/mol. The van der Waals surface area contributed by atoms with Crippen LogP contribution in [0.2, 0.25) is 0 Å². The third-order valence-electron chi connectivity index (χ3n) is 5.30. The molecule has 3 amide bonds. The maximum atomic E-state index is 12.8. The standard InChI is InChI=1S/C26H29N3O4/c1-17(2)24(25(31)27-16-18-9-12-22(13-10-18)28-26(32)33-3)29-23(30)15-19-8-11-20-6-4-5-7-21(20)14-19/h4-14,17,24H,15-16H2,1-3H3,(H,27,31)(H,28,32)(H,29,30). The minimum atomic E-state index is -0.641. The topological polar surface area (TPSA) is 96.5 Å². The van der Waals surface area contributed by atoms with Gasteiger partial charge < -0.3 is 15.4 Å². The van der Waals surface area contributed by atoms with Crippen molar-refractivity contribution in [2.45, 2.75) is 32.9 Å². The van der Waals surface area contributed by atoms with Gasteiger partial charge >= 0.3 is 6.09 Å². The molecule has 0 heterocycles. The molecule has 0 aliphatic rings. The first kappa shape index (κ1) is 23.8. The second kappa shape index (κ2) is 11.1. The molecule has 0 aromatic heterocycles. The largest absolute Gasteiger partial charge is 0.453 e. The van der Waals surface area contributed by atoms with Crippen LogP contribution in [0.4, 0.5) is 10.5 Å². The molecule has 3 rings (SSSR count). The minimum absolute atomic E-state index is 0.0721. The quantitative estimate of drug-likeness (QED) is 0.486.